The average molecular weight is 361 g/mol. The number of allylic oxidation sites excluding steroid dienone is 1. The second-order valence-electron chi connectivity index (χ2n) is 3.84. The van der Waals surface area contributed by atoms with E-state index in [1.165, 1.54) is 6.07 Å². The summed E-state index contributed by atoms with van der Waals surface area (Å²) in [4.78, 5) is 5.85. The quantitative estimate of drug-likeness (QED) is 0.636. The number of nitrogens with one attached hydrogen (secondary N) is 1. The minimum Gasteiger partial charge on any atom is -0.432 e. The van der Waals surface area contributed by atoms with E-state index in [2.05, 4.69) is 10.1 Å². The minimum absolute atomic E-state index is 0.131. The summed E-state index contributed by atoms with van der Waals surface area (Å²) in [5, 5.41) is 3.74. The molecule has 1 aromatic heterocycles. The number of nitrogens with zero attached hydrogens (tertiary/aromatic N) is 2. The molecule has 1 heterocycles. The van der Waals surface area contributed by atoms with Crippen LogP contribution < -0.4 is 9.61 Å². The molecule has 106 valence electrons. The largest absolute Gasteiger partial charge is 0.432 e. The van der Waals surface area contributed by atoms with Crippen molar-refractivity contribution in [3.05, 3.63) is 33.2 Å². The van der Waals surface area contributed by atoms with Crippen LogP contribution in [-0.4, -0.2) is 24.0 Å². The van der Waals surface area contributed by atoms with Crippen LogP contribution in [0.3, 0.4) is 0 Å². The molecule has 0 aliphatic carbocycles. The smallest absolute Gasteiger partial charge is 0.238 e. The van der Waals surface area contributed by atoms with E-state index >= 15 is 0 Å². The summed E-state index contributed by atoms with van der Waals surface area (Å²) < 4.78 is 5.49. The van der Waals surface area contributed by atoms with Crippen LogP contribution in [0.2, 0.25) is 15.2 Å². The Morgan fingerprint density at radius 2 is 2.05 bits per heavy atom. The van der Waals surface area contributed by atoms with Gasteiger partial charge in [0.05, 0.1) is 5.02 Å². The van der Waals surface area contributed by atoms with Crippen LogP contribution in [0.4, 0.5) is 0 Å². The lowest BCUT2D eigenvalue weighted by atomic mass is 10.5. The predicted octanol–water partition coefficient (Wildman–Crippen LogP) is 3.94. The van der Waals surface area contributed by atoms with Crippen molar-refractivity contribution in [1.29, 1.82) is 0 Å². The van der Waals surface area contributed by atoms with Gasteiger partial charge in [-0.1, -0.05) is 34.8 Å². The molecule has 0 saturated carbocycles. The normalized spacial score (nSPS) is 13.1. The molecule has 0 bridgehead atoms. The zero-order valence-electron chi connectivity index (χ0n) is 10.5. The predicted molar refractivity (Wildman–Crippen MR) is 86.2 cm³/mol. The first-order chi connectivity index (χ1) is 8.79. The fourth-order valence-corrected chi connectivity index (χ4v) is 3.28. The van der Waals surface area contributed by atoms with E-state index in [9.17, 15) is 0 Å². The molecule has 0 radical (unpaired) electrons. The molecule has 1 N–H and O–H groups in total. The first-order valence-electron chi connectivity index (χ1n) is 5.15. The van der Waals surface area contributed by atoms with E-state index < -0.39 is 7.07 Å². The van der Waals surface area contributed by atoms with Crippen LogP contribution in [0.1, 0.15) is 6.92 Å². The van der Waals surface area contributed by atoms with Crippen LogP contribution in [0.25, 0.3) is 0 Å². The van der Waals surface area contributed by atoms with Crippen LogP contribution in [0.15, 0.2) is 18.0 Å². The highest BCUT2D eigenvalue weighted by molar-refractivity contribution is 8.02. The molecule has 1 aromatic rings. The van der Waals surface area contributed by atoms with Gasteiger partial charge < -0.3 is 14.5 Å². The monoisotopic (exact) mass is 359 g/mol. The lowest BCUT2D eigenvalue weighted by Crippen LogP contribution is -2.09. The average Bonchev–Trinajstić information content (AvgIpc) is 2.24. The third kappa shape index (κ3) is 5.76. The number of pyridine rings is 1. The highest BCUT2D eigenvalue weighted by Crippen LogP contribution is 2.34. The summed E-state index contributed by atoms with van der Waals surface area (Å²) in [7, 11) is 2.08. The van der Waals surface area contributed by atoms with Crippen molar-refractivity contribution in [2.45, 2.75) is 6.92 Å². The molecule has 0 aliphatic heterocycles. The molecule has 9 heteroatoms. The van der Waals surface area contributed by atoms with Crippen molar-refractivity contribution in [1.82, 2.24) is 15.0 Å². The van der Waals surface area contributed by atoms with Crippen molar-refractivity contribution in [2.75, 3.05) is 14.1 Å². The molecule has 0 aromatic carbocycles. The van der Waals surface area contributed by atoms with E-state index in [-0.39, 0.29) is 21.1 Å². The Hall–Kier alpha value is -0.190. The van der Waals surface area contributed by atoms with Gasteiger partial charge in [0.1, 0.15) is 5.02 Å². The van der Waals surface area contributed by atoms with E-state index in [0.29, 0.717) is 0 Å². The Bertz CT molecular complexity index is 525. The summed E-state index contributed by atoms with van der Waals surface area (Å²) in [6.07, 6.45) is 1.89. The zero-order chi connectivity index (χ0) is 14.6. The SMILES string of the molecule is C/C(=C\N(C)C)N[PH](=S)Oc1nc(Cl)c(Cl)cc1Cl. The minimum atomic E-state index is -1.75. The van der Waals surface area contributed by atoms with Crippen molar-refractivity contribution in [3.8, 4) is 5.88 Å². The molecule has 0 saturated heterocycles. The highest BCUT2D eigenvalue weighted by Gasteiger charge is 2.10. The first kappa shape index (κ1) is 16.9. The van der Waals surface area contributed by atoms with Crippen molar-refractivity contribution >= 4 is 53.7 Å². The van der Waals surface area contributed by atoms with E-state index in [4.69, 9.17) is 51.1 Å². The summed E-state index contributed by atoms with van der Waals surface area (Å²) in [5.41, 5.74) is 0.894. The Labute approximate surface area is 133 Å². The van der Waals surface area contributed by atoms with Crippen LogP contribution in [0.5, 0.6) is 5.88 Å². The zero-order valence-corrected chi connectivity index (χ0v) is 14.6. The molecular weight excluding hydrogens is 348 g/mol. The summed E-state index contributed by atoms with van der Waals surface area (Å²) in [6, 6.07) is 1.47. The maximum Gasteiger partial charge on any atom is 0.238 e. The molecule has 0 fully saturated rings. The van der Waals surface area contributed by atoms with Gasteiger partial charge in [-0.15, -0.1) is 0 Å². The molecule has 0 aliphatic rings. The molecule has 1 atom stereocenters. The Morgan fingerprint density at radius 3 is 2.63 bits per heavy atom. The highest BCUT2D eigenvalue weighted by atomic mass is 35.5. The lowest BCUT2D eigenvalue weighted by molar-refractivity contribution is 0.553. The van der Waals surface area contributed by atoms with Crippen LogP contribution >= 0.6 is 41.9 Å². The van der Waals surface area contributed by atoms with Crippen LogP contribution in [-0.2, 0) is 11.8 Å². The summed E-state index contributed by atoms with van der Waals surface area (Å²) in [5.74, 6) is 0.185. The van der Waals surface area contributed by atoms with Gasteiger partial charge in [0, 0.05) is 26.0 Å². The van der Waals surface area contributed by atoms with Gasteiger partial charge in [-0.25, -0.2) is 0 Å². The standard InChI is InChI=1S/C10H13Cl3N3OPS/c1-6(5-16(2)3)15-18(19)17-10-8(12)4-7(11)9(13)14-10/h4-5,18H,1-3H3,(H,15,19)/b6-5+. The fraction of sp³-hybridized carbons (Fsp3) is 0.300. The summed E-state index contributed by atoms with van der Waals surface area (Å²) in [6.45, 7) is 1.89. The third-order valence-corrected chi connectivity index (χ3v) is 4.27. The maximum atomic E-state index is 5.96. The van der Waals surface area contributed by atoms with Crippen molar-refractivity contribution < 1.29 is 4.52 Å². The lowest BCUT2D eigenvalue weighted by Gasteiger charge is -2.14. The summed E-state index contributed by atoms with van der Waals surface area (Å²) >= 11 is 22.8. The van der Waals surface area contributed by atoms with E-state index in [1.54, 1.807) is 0 Å². The maximum absolute atomic E-state index is 5.96. The second-order valence-corrected chi connectivity index (χ2v) is 7.15. The van der Waals surface area contributed by atoms with Gasteiger partial charge in [0.15, 0.2) is 12.2 Å². The number of hydrogen-bond donors (Lipinski definition) is 1. The van der Waals surface area contributed by atoms with Gasteiger partial charge in [-0.05, 0) is 24.8 Å². The van der Waals surface area contributed by atoms with Gasteiger partial charge in [0.2, 0.25) is 5.88 Å². The van der Waals surface area contributed by atoms with Gasteiger partial charge >= 0.3 is 0 Å². The Kier molecular flexibility index (Phi) is 6.71. The van der Waals surface area contributed by atoms with Gasteiger partial charge in [-0.2, -0.15) is 4.98 Å². The number of aromatic nitrogens is 1. The van der Waals surface area contributed by atoms with Crippen LogP contribution in [0, 0.1) is 0 Å². The van der Waals surface area contributed by atoms with E-state index in [1.807, 2.05) is 32.1 Å². The van der Waals surface area contributed by atoms with E-state index in [0.717, 1.165) is 5.70 Å². The molecule has 1 unspecified atom stereocenters. The molecule has 0 spiro atoms. The molecular formula is C10H13Cl3N3OPS. The first-order valence-corrected chi connectivity index (χ1v) is 8.82. The molecule has 4 nitrogen and oxygen atoms in total. The molecule has 1 rings (SSSR count). The topological polar surface area (TPSA) is 37.4 Å². The van der Waals surface area contributed by atoms with Crippen molar-refractivity contribution in [3.63, 3.8) is 0 Å². The molecule has 0 amide bonds. The molecule has 19 heavy (non-hydrogen) atoms. The third-order valence-electron chi connectivity index (χ3n) is 1.79. The van der Waals surface area contributed by atoms with Gasteiger partial charge in [0.25, 0.3) is 0 Å². The Morgan fingerprint density at radius 1 is 1.42 bits per heavy atom. The number of rotatable bonds is 5. The van der Waals surface area contributed by atoms with Gasteiger partial charge in [-0.3, -0.25) is 0 Å². The fourth-order valence-electron chi connectivity index (χ4n) is 1.19. The number of halogens is 3. The van der Waals surface area contributed by atoms with Crippen molar-refractivity contribution in [2.24, 2.45) is 0 Å². The number of hydrogen-bond acceptors (Lipinski definition) is 4. The second kappa shape index (κ2) is 7.55. The Balaban J connectivity index is 2.75.